The summed E-state index contributed by atoms with van der Waals surface area (Å²) in [4.78, 5) is 0. The topological polar surface area (TPSA) is 46.1 Å². The Labute approximate surface area is 115 Å². The van der Waals surface area contributed by atoms with Crippen molar-refractivity contribution in [3.63, 3.8) is 0 Å². The second-order valence-corrected chi connectivity index (χ2v) is 5.53. The molecule has 1 saturated heterocycles. The Morgan fingerprint density at radius 3 is 2.10 bits per heavy atom. The Morgan fingerprint density at radius 1 is 1.20 bits per heavy atom. The number of fused-ring (bicyclic) bond motifs is 2. The molecule has 0 aromatic rings. The van der Waals surface area contributed by atoms with Crippen molar-refractivity contribution >= 4 is 11.6 Å². The van der Waals surface area contributed by atoms with Gasteiger partial charge in [0.05, 0.1) is 24.5 Å². The van der Waals surface area contributed by atoms with Gasteiger partial charge in [-0.3, -0.25) is 0 Å². The van der Waals surface area contributed by atoms with Crippen LogP contribution in [0, 0.1) is 5.92 Å². The zero-order valence-electron chi connectivity index (χ0n) is 10.0. The lowest BCUT2D eigenvalue weighted by molar-refractivity contribution is -0.800. The normalized spacial score (nSPS) is 36.6. The number of hydrogen-bond acceptors (Lipinski definition) is 2. The van der Waals surface area contributed by atoms with E-state index in [0.717, 1.165) is 0 Å². The van der Waals surface area contributed by atoms with E-state index in [9.17, 15) is 26.3 Å². The monoisotopic (exact) mass is 328 g/mol. The van der Waals surface area contributed by atoms with Gasteiger partial charge in [-0.05, 0) is 6.42 Å². The molecule has 0 spiro atoms. The smallest absolute Gasteiger partial charge is 0.394 e. The third-order valence-electron chi connectivity index (χ3n) is 4.07. The van der Waals surface area contributed by atoms with Crippen LogP contribution >= 0.6 is 11.6 Å². The van der Waals surface area contributed by atoms with E-state index in [0.29, 0.717) is 0 Å². The van der Waals surface area contributed by atoms with Crippen LogP contribution in [0.15, 0.2) is 0 Å². The molecule has 118 valence electrons. The van der Waals surface area contributed by atoms with Crippen molar-refractivity contribution < 1.29 is 41.5 Å². The van der Waals surface area contributed by atoms with Gasteiger partial charge in [-0.15, -0.1) is 11.6 Å². The Bertz CT molecular complexity index is 360. The van der Waals surface area contributed by atoms with Gasteiger partial charge in [0.1, 0.15) is 12.1 Å². The fourth-order valence-corrected chi connectivity index (χ4v) is 3.76. The summed E-state index contributed by atoms with van der Waals surface area (Å²) in [7, 11) is 0. The quantitative estimate of drug-likeness (QED) is 0.595. The summed E-state index contributed by atoms with van der Waals surface area (Å²) in [5, 5.41) is 7.57. The van der Waals surface area contributed by atoms with Crippen molar-refractivity contribution in [2.75, 3.05) is 13.2 Å². The Morgan fingerprint density at radius 2 is 1.75 bits per heavy atom. The van der Waals surface area contributed by atoms with Gasteiger partial charge in [-0.1, -0.05) is 0 Å². The molecule has 2 aliphatic rings. The first-order valence-electron chi connectivity index (χ1n) is 5.92. The van der Waals surface area contributed by atoms with E-state index in [1.54, 1.807) is 0 Å². The van der Waals surface area contributed by atoms with Crippen molar-refractivity contribution in [2.45, 2.75) is 41.8 Å². The largest absolute Gasteiger partial charge is 0.454 e. The molecular formula is C10H13ClF6NO2+. The lowest BCUT2D eigenvalue weighted by atomic mass is 9.82. The van der Waals surface area contributed by atoms with Crippen molar-refractivity contribution in [3.8, 4) is 0 Å². The third kappa shape index (κ3) is 2.10. The third-order valence-corrected chi connectivity index (χ3v) is 4.66. The number of alkyl halides is 7. The minimum absolute atomic E-state index is 0.142. The lowest BCUT2D eigenvalue weighted by Gasteiger charge is -2.39. The van der Waals surface area contributed by atoms with Crippen LogP contribution < -0.4 is 5.32 Å². The number of aliphatic hydroxyl groups excluding tert-OH is 1. The summed E-state index contributed by atoms with van der Waals surface area (Å²) in [6.07, 6.45) is -12.1. The average Bonchev–Trinajstić information content (AvgIpc) is 2.75. The second kappa shape index (κ2) is 4.89. The molecule has 0 aromatic heterocycles. The number of nitrogens with two attached hydrogens (primary N) is 1. The predicted molar refractivity (Wildman–Crippen MR) is 55.1 cm³/mol. The van der Waals surface area contributed by atoms with Gasteiger partial charge in [0, 0.05) is 0 Å². The fraction of sp³-hybridized carbons (Fsp3) is 1.00. The highest BCUT2D eigenvalue weighted by molar-refractivity contribution is 6.21. The van der Waals surface area contributed by atoms with Crippen LogP contribution in [0.25, 0.3) is 0 Å². The van der Waals surface area contributed by atoms with Crippen molar-refractivity contribution in [1.82, 2.24) is 0 Å². The van der Waals surface area contributed by atoms with Crippen LogP contribution in [0.1, 0.15) is 6.42 Å². The molecular weight excluding hydrogens is 316 g/mol. The highest BCUT2D eigenvalue weighted by Gasteiger charge is 2.85. The van der Waals surface area contributed by atoms with E-state index < -0.39 is 47.8 Å². The van der Waals surface area contributed by atoms with E-state index >= 15 is 0 Å². The van der Waals surface area contributed by atoms with Crippen molar-refractivity contribution in [1.29, 1.82) is 0 Å². The van der Waals surface area contributed by atoms with E-state index in [-0.39, 0.29) is 18.5 Å². The molecule has 3 nitrogen and oxygen atoms in total. The van der Waals surface area contributed by atoms with Gasteiger partial charge in [0.15, 0.2) is 0 Å². The molecule has 2 bridgehead atoms. The zero-order chi connectivity index (χ0) is 15.3. The molecule has 4 atom stereocenters. The maximum absolute atomic E-state index is 13.0. The summed E-state index contributed by atoms with van der Waals surface area (Å²) < 4.78 is 83.3. The molecule has 10 heteroatoms. The number of halogens is 7. The Kier molecular flexibility index (Phi) is 3.94. The van der Waals surface area contributed by atoms with Crippen LogP contribution in [-0.2, 0) is 4.74 Å². The lowest BCUT2D eigenvalue weighted by Crippen LogP contribution is -3.07. The van der Waals surface area contributed by atoms with Gasteiger partial charge in [-0.25, -0.2) is 0 Å². The van der Waals surface area contributed by atoms with Gasteiger partial charge in [0.2, 0.25) is 0 Å². The molecule has 0 unspecified atom stereocenters. The van der Waals surface area contributed by atoms with E-state index in [1.807, 2.05) is 0 Å². The molecule has 3 N–H and O–H groups in total. The first-order chi connectivity index (χ1) is 9.06. The van der Waals surface area contributed by atoms with Crippen LogP contribution in [-0.4, -0.2) is 53.7 Å². The standard InChI is InChI=1S/C10H12ClF6NO2/c11-6-4-3-5(20-2-1-19)7(6)18-8(4,9(12,13)14)10(15,16)17/h4-7,18-19H,1-3H2/p+1/t4-,5-,6-,7+/m1/s1. The molecule has 0 amide bonds. The molecule has 1 heterocycles. The van der Waals surface area contributed by atoms with Crippen LogP contribution in [0.2, 0.25) is 0 Å². The highest BCUT2D eigenvalue weighted by atomic mass is 35.5. The molecule has 2 fully saturated rings. The van der Waals surface area contributed by atoms with E-state index in [4.69, 9.17) is 21.4 Å². The summed E-state index contributed by atoms with van der Waals surface area (Å²) in [6, 6.07) is -1.13. The maximum atomic E-state index is 13.0. The molecule has 2 rings (SSSR count). The first-order valence-corrected chi connectivity index (χ1v) is 6.36. The van der Waals surface area contributed by atoms with Crippen LogP contribution in [0.5, 0.6) is 0 Å². The molecule has 1 aliphatic heterocycles. The number of piperidine rings is 1. The fourth-order valence-electron chi connectivity index (χ4n) is 3.23. The number of aliphatic hydroxyl groups is 1. The maximum Gasteiger partial charge on any atom is 0.454 e. The van der Waals surface area contributed by atoms with E-state index in [1.165, 1.54) is 0 Å². The molecule has 0 radical (unpaired) electrons. The minimum Gasteiger partial charge on any atom is -0.394 e. The van der Waals surface area contributed by atoms with Crippen LogP contribution in [0.4, 0.5) is 26.3 Å². The van der Waals surface area contributed by atoms with E-state index in [2.05, 4.69) is 0 Å². The molecule has 1 aliphatic carbocycles. The van der Waals surface area contributed by atoms with Crippen molar-refractivity contribution in [2.24, 2.45) is 5.92 Å². The Hall–Kier alpha value is -0.250. The Balaban J connectivity index is 2.29. The second-order valence-electron chi connectivity index (χ2n) is 5.03. The molecule has 0 aromatic carbocycles. The van der Waals surface area contributed by atoms with Crippen molar-refractivity contribution in [3.05, 3.63) is 0 Å². The minimum atomic E-state index is -5.44. The number of ether oxygens (including phenoxy) is 1. The number of quaternary nitrogens is 1. The zero-order valence-corrected chi connectivity index (χ0v) is 10.8. The number of hydrogen-bond donors (Lipinski definition) is 2. The average molecular weight is 329 g/mol. The summed E-state index contributed by atoms with van der Waals surface area (Å²) in [5.74, 6) is -1.79. The highest BCUT2D eigenvalue weighted by Crippen LogP contribution is 2.54. The first kappa shape index (κ1) is 16.1. The summed E-state index contributed by atoms with van der Waals surface area (Å²) in [5.41, 5.74) is -3.86. The predicted octanol–water partition coefficient (Wildman–Crippen LogP) is 0.800. The molecule has 1 saturated carbocycles. The molecule has 20 heavy (non-hydrogen) atoms. The number of rotatable bonds is 3. The van der Waals surface area contributed by atoms with Gasteiger partial charge < -0.3 is 15.2 Å². The van der Waals surface area contributed by atoms with Crippen LogP contribution in [0.3, 0.4) is 0 Å². The van der Waals surface area contributed by atoms with Gasteiger partial charge >= 0.3 is 12.4 Å². The SMILES string of the molecule is OCCO[C@@H]1C[C@@H]2[C@@H](Cl)[C@H]1[NH2+]C2(C(F)(F)F)C(F)(F)F. The van der Waals surface area contributed by atoms with Gasteiger partial charge in [-0.2, -0.15) is 26.3 Å². The summed E-state index contributed by atoms with van der Waals surface area (Å²) >= 11 is 5.77. The summed E-state index contributed by atoms with van der Waals surface area (Å²) in [6.45, 7) is -0.499. The van der Waals surface area contributed by atoms with Gasteiger partial charge in [0.25, 0.3) is 5.54 Å².